The minimum absolute atomic E-state index is 0.0464. The number of carbonyl (C=O) groups excluding carboxylic acids is 1. The van der Waals surface area contributed by atoms with Gasteiger partial charge in [0, 0.05) is 30.9 Å². The number of carboxylic acid groups (broad SMARTS) is 1. The minimum Gasteiger partial charge on any atom is -0.475 e. The number of furan rings is 1. The van der Waals surface area contributed by atoms with Gasteiger partial charge in [-0.3, -0.25) is 9.48 Å². The summed E-state index contributed by atoms with van der Waals surface area (Å²) in [5, 5.41) is 13.4. The van der Waals surface area contributed by atoms with Crippen LogP contribution in [0.1, 0.15) is 56.8 Å². The van der Waals surface area contributed by atoms with E-state index in [1.54, 1.807) is 16.5 Å². The molecule has 0 aliphatic carbocycles. The SMILES string of the molecule is Cc1cc(C(=O)N2CCCC2c2cn(C)nc2C)oc1C(=O)O. The van der Waals surface area contributed by atoms with Gasteiger partial charge in [-0.1, -0.05) is 0 Å². The molecule has 3 rings (SSSR count). The van der Waals surface area contributed by atoms with E-state index >= 15 is 0 Å². The molecule has 1 amide bonds. The van der Waals surface area contributed by atoms with Gasteiger partial charge in [0.25, 0.3) is 5.91 Å². The van der Waals surface area contributed by atoms with Gasteiger partial charge in [0.05, 0.1) is 11.7 Å². The topological polar surface area (TPSA) is 88.6 Å². The molecule has 1 N–H and O–H groups in total. The van der Waals surface area contributed by atoms with Crippen LogP contribution in [0.5, 0.6) is 0 Å². The number of hydrogen-bond acceptors (Lipinski definition) is 4. The Morgan fingerprint density at radius 1 is 1.39 bits per heavy atom. The molecule has 0 spiro atoms. The van der Waals surface area contributed by atoms with Crippen molar-refractivity contribution in [1.29, 1.82) is 0 Å². The number of hydrogen-bond donors (Lipinski definition) is 1. The van der Waals surface area contributed by atoms with Crippen LogP contribution < -0.4 is 0 Å². The number of aryl methyl sites for hydroxylation is 3. The number of likely N-dealkylation sites (tertiary alicyclic amines) is 1. The molecular weight excluding hydrogens is 298 g/mol. The highest BCUT2D eigenvalue weighted by molar-refractivity contribution is 5.94. The summed E-state index contributed by atoms with van der Waals surface area (Å²) >= 11 is 0. The van der Waals surface area contributed by atoms with E-state index < -0.39 is 5.97 Å². The lowest BCUT2D eigenvalue weighted by atomic mass is 10.1. The van der Waals surface area contributed by atoms with Gasteiger partial charge < -0.3 is 14.4 Å². The van der Waals surface area contributed by atoms with E-state index in [1.807, 2.05) is 20.2 Å². The molecule has 0 bridgehead atoms. The number of aromatic carboxylic acids is 1. The molecular formula is C16H19N3O4. The Morgan fingerprint density at radius 3 is 2.70 bits per heavy atom. The van der Waals surface area contributed by atoms with Gasteiger partial charge in [-0.05, 0) is 32.8 Å². The summed E-state index contributed by atoms with van der Waals surface area (Å²) in [6.07, 6.45) is 3.70. The number of amides is 1. The van der Waals surface area contributed by atoms with Gasteiger partial charge in [0.1, 0.15) is 0 Å². The summed E-state index contributed by atoms with van der Waals surface area (Å²) in [7, 11) is 1.85. The summed E-state index contributed by atoms with van der Waals surface area (Å²) < 4.78 is 7.00. The number of rotatable bonds is 3. The fourth-order valence-corrected chi connectivity index (χ4v) is 3.22. The first kappa shape index (κ1) is 15.3. The molecule has 122 valence electrons. The smallest absolute Gasteiger partial charge is 0.372 e. The van der Waals surface area contributed by atoms with E-state index in [1.165, 1.54) is 6.07 Å². The number of aromatic nitrogens is 2. The van der Waals surface area contributed by atoms with Gasteiger partial charge in [-0.15, -0.1) is 0 Å². The van der Waals surface area contributed by atoms with Crippen molar-refractivity contribution in [2.45, 2.75) is 32.7 Å². The second kappa shape index (κ2) is 5.57. The van der Waals surface area contributed by atoms with Gasteiger partial charge in [0.2, 0.25) is 5.76 Å². The monoisotopic (exact) mass is 317 g/mol. The zero-order valence-electron chi connectivity index (χ0n) is 13.4. The average molecular weight is 317 g/mol. The Balaban J connectivity index is 1.90. The first-order chi connectivity index (χ1) is 10.9. The number of nitrogens with zero attached hydrogens (tertiary/aromatic N) is 3. The molecule has 2 aromatic rings. The van der Waals surface area contributed by atoms with E-state index in [4.69, 9.17) is 9.52 Å². The number of carbonyl (C=O) groups is 2. The Labute approximate surface area is 133 Å². The maximum Gasteiger partial charge on any atom is 0.372 e. The Kier molecular flexibility index (Phi) is 3.71. The van der Waals surface area contributed by atoms with Crippen molar-refractivity contribution in [2.24, 2.45) is 7.05 Å². The highest BCUT2D eigenvalue weighted by Gasteiger charge is 2.34. The molecule has 1 aliphatic heterocycles. The molecule has 1 aliphatic rings. The van der Waals surface area contributed by atoms with E-state index in [0.717, 1.165) is 24.1 Å². The second-order valence-electron chi connectivity index (χ2n) is 5.93. The zero-order chi connectivity index (χ0) is 16.7. The lowest BCUT2D eigenvalue weighted by molar-refractivity contribution is 0.0645. The molecule has 23 heavy (non-hydrogen) atoms. The predicted molar refractivity (Wildman–Crippen MR) is 81.4 cm³/mol. The zero-order valence-corrected chi connectivity index (χ0v) is 13.4. The van der Waals surface area contributed by atoms with Crippen LogP contribution in [-0.4, -0.2) is 38.2 Å². The lowest BCUT2D eigenvalue weighted by Gasteiger charge is -2.23. The Hall–Kier alpha value is -2.57. The fraction of sp³-hybridized carbons (Fsp3) is 0.438. The third kappa shape index (κ3) is 2.62. The standard InChI is InChI=1S/C16H19N3O4/c1-9-7-13(23-14(9)16(21)22)15(20)19-6-4-5-12(19)11-8-18(3)17-10(11)2/h7-8,12H,4-6H2,1-3H3,(H,21,22). The molecule has 3 heterocycles. The maximum absolute atomic E-state index is 12.7. The molecule has 7 nitrogen and oxygen atoms in total. The third-order valence-corrected chi connectivity index (χ3v) is 4.25. The van der Waals surface area contributed by atoms with E-state index in [0.29, 0.717) is 12.1 Å². The van der Waals surface area contributed by atoms with Crippen molar-refractivity contribution in [3.05, 3.63) is 40.6 Å². The van der Waals surface area contributed by atoms with Crippen LogP contribution in [0, 0.1) is 13.8 Å². The molecule has 0 saturated carbocycles. The van der Waals surface area contributed by atoms with Gasteiger partial charge in [-0.2, -0.15) is 5.10 Å². The van der Waals surface area contributed by atoms with Crippen molar-refractivity contribution in [2.75, 3.05) is 6.54 Å². The van der Waals surface area contributed by atoms with Crippen LogP contribution >= 0.6 is 0 Å². The van der Waals surface area contributed by atoms with Crippen molar-refractivity contribution in [3.63, 3.8) is 0 Å². The molecule has 7 heteroatoms. The van der Waals surface area contributed by atoms with Crippen molar-refractivity contribution < 1.29 is 19.1 Å². The van der Waals surface area contributed by atoms with Crippen molar-refractivity contribution >= 4 is 11.9 Å². The molecule has 1 fully saturated rings. The number of carboxylic acids is 1. The van der Waals surface area contributed by atoms with Crippen LogP contribution in [0.25, 0.3) is 0 Å². The Morgan fingerprint density at radius 2 is 2.13 bits per heavy atom. The second-order valence-corrected chi connectivity index (χ2v) is 5.93. The van der Waals surface area contributed by atoms with E-state index in [2.05, 4.69) is 5.10 Å². The quantitative estimate of drug-likeness (QED) is 0.938. The van der Waals surface area contributed by atoms with E-state index in [9.17, 15) is 9.59 Å². The summed E-state index contributed by atoms with van der Waals surface area (Å²) in [5.41, 5.74) is 2.38. The van der Waals surface area contributed by atoms with Gasteiger partial charge in [0.15, 0.2) is 5.76 Å². The van der Waals surface area contributed by atoms with Crippen molar-refractivity contribution in [3.8, 4) is 0 Å². The fourth-order valence-electron chi connectivity index (χ4n) is 3.22. The third-order valence-electron chi connectivity index (χ3n) is 4.25. The molecule has 1 unspecified atom stereocenters. The predicted octanol–water partition coefficient (Wildman–Crippen LogP) is 2.31. The van der Waals surface area contributed by atoms with Crippen LogP contribution in [-0.2, 0) is 7.05 Å². The molecule has 0 radical (unpaired) electrons. The van der Waals surface area contributed by atoms with Crippen molar-refractivity contribution in [1.82, 2.24) is 14.7 Å². The summed E-state index contributed by atoms with van der Waals surface area (Å²) in [4.78, 5) is 25.6. The summed E-state index contributed by atoms with van der Waals surface area (Å²) in [6, 6.07) is 1.45. The van der Waals surface area contributed by atoms with Gasteiger partial charge >= 0.3 is 5.97 Å². The largest absolute Gasteiger partial charge is 0.475 e. The van der Waals surface area contributed by atoms with Crippen LogP contribution in [0.15, 0.2) is 16.7 Å². The highest BCUT2D eigenvalue weighted by Crippen LogP contribution is 2.34. The normalized spacial score (nSPS) is 17.7. The highest BCUT2D eigenvalue weighted by atomic mass is 16.4. The lowest BCUT2D eigenvalue weighted by Crippen LogP contribution is -2.30. The Bertz CT molecular complexity index is 774. The summed E-state index contributed by atoms with van der Waals surface area (Å²) in [6.45, 7) is 4.17. The molecule has 0 aromatic carbocycles. The average Bonchev–Trinajstić information content (AvgIpc) is 3.16. The first-order valence-corrected chi connectivity index (χ1v) is 7.53. The first-order valence-electron chi connectivity index (χ1n) is 7.53. The molecule has 1 saturated heterocycles. The maximum atomic E-state index is 12.7. The van der Waals surface area contributed by atoms with Crippen LogP contribution in [0.3, 0.4) is 0 Å². The molecule has 2 aromatic heterocycles. The van der Waals surface area contributed by atoms with Crippen LogP contribution in [0.4, 0.5) is 0 Å². The van der Waals surface area contributed by atoms with E-state index in [-0.39, 0.29) is 23.5 Å². The van der Waals surface area contributed by atoms with Gasteiger partial charge in [-0.25, -0.2) is 4.79 Å². The summed E-state index contributed by atoms with van der Waals surface area (Å²) in [5.74, 6) is -1.54. The molecule has 1 atom stereocenters. The van der Waals surface area contributed by atoms with Crippen LogP contribution in [0.2, 0.25) is 0 Å². The minimum atomic E-state index is -1.16.